The topological polar surface area (TPSA) is 96.5 Å². The Bertz CT molecular complexity index is 605. The van der Waals surface area contributed by atoms with Gasteiger partial charge in [0, 0.05) is 18.7 Å². The molecule has 0 aromatic heterocycles. The molecule has 1 aromatic carbocycles. The maximum absolute atomic E-state index is 12.6. The van der Waals surface area contributed by atoms with Gasteiger partial charge in [-0.1, -0.05) is 6.07 Å². The summed E-state index contributed by atoms with van der Waals surface area (Å²) in [5.41, 5.74) is -0.0732. The van der Waals surface area contributed by atoms with Crippen LogP contribution in [0.3, 0.4) is 0 Å². The molecule has 0 atom stereocenters. The summed E-state index contributed by atoms with van der Waals surface area (Å²) in [6, 6.07) is 6.40. The van der Waals surface area contributed by atoms with Crippen molar-refractivity contribution in [2.45, 2.75) is 25.3 Å². The van der Waals surface area contributed by atoms with Crippen LogP contribution >= 0.6 is 0 Å². The van der Waals surface area contributed by atoms with E-state index in [1.165, 1.54) is 25.3 Å². The zero-order valence-electron chi connectivity index (χ0n) is 11.6. The number of benzene rings is 1. The van der Waals surface area contributed by atoms with E-state index in [2.05, 4.69) is 0 Å². The van der Waals surface area contributed by atoms with E-state index >= 15 is 0 Å². The van der Waals surface area contributed by atoms with Crippen molar-refractivity contribution in [3.8, 4) is 11.8 Å². The van der Waals surface area contributed by atoms with Gasteiger partial charge in [-0.3, -0.25) is 14.9 Å². The first kappa shape index (κ1) is 14.8. The quantitative estimate of drug-likeness (QED) is 0.590. The van der Waals surface area contributed by atoms with Crippen LogP contribution in [0.25, 0.3) is 0 Å². The SMILES string of the molecule is COc1c(C(=O)N(CCC#N)C2CC2)cccc1[N+](=O)[O-]. The summed E-state index contributed by atoms with van der Waals surface area (Å²) in [5, 5.41) is 19.7. The van der Waals surface area contributed by atoms with Crippen molar-refractivity contribution in [2.75, 3.05) is 13.7 Å². The molecule has 7 nitrogen and oxygen atoms in total. The van der Waals surface area contributed by atoms with E-state index in [-0.39, 0.29) is 35.4 Å². The lowest BCUT2D eigenvalue weighted by atomic mass is 10.1. The minimum atomic E-state index is -0.577. The lowest BCUT2D eigenvalue weighted by Crippen LogP contribution is -2.34. The second-order valence-electron chi connectivity index (χ2n) is 4.75. The van der Waals surface area contributed by atoms with E-state index in [4.69, 9.17) is 10.00 Å². The zero-order valence-corrected chi connectivity index (χ0v) is 11.6. The average molecular weight is 289 g/mol. The molecule has 1 amide bonds. The summed E-state index contributed by atoms with van der Waals surface area (Å²) in [7, 11) is 1.30. The molecule has 0 heterocycles. The number of rotatable bonds is 6. The minimum Gasteiger partial charge on any atom is -0.490 e. The average Bonchev–Trinajstić information content (AvgIpc) is 3.31. The molecule has 0 spiro atoms. The van der Waals surface area contributed by atoms with Crippen molar-refractivity contribution in [3.05, 3.63) is 33.9 Å². The maximum Gasteiger partial charge on any atom is 0.311 e. The molecule has 0 aliphatic heterocycles. The molecule has 1 fully saturated rings. The molecule has 2 rings (SSSR count). The molecule has 0 unspecified atom stereocenters. The Hall–Kier alpha value is -2.62. The van der Waals surface area contributed by atoms with Crippen LogP contribution < -0.4 is 4.74 Å². The summed E-state index contributed by atoms with van der Waals surface area (Å²) >= 11 is 0. The van der Waals surface area contributed by atoms with Crippen LogP contribution in [0.15, 0.2) is 18.2 Å². The van der Waals surface area contributed by atoms with E-state index in [9.17, 15) is 14.9 Å². The molecule has 110 valence electrons. The molecule has 0 radical (unpaired) electrons. The van der Waals surface area contributed by atoms with Crippen molar-refractivity contribution >= 4 is 11.6 Å². The lowest BCUT2D eigenvalue weighted by Gasteiger charge is -2.22. The highest BCUT2D eigenvalue weighted by molar-refractivity contribution is 5.98. The van der Waals surface area contributed by atoms with Gasteiger partial charge in [0.15, 0.2) is 0 Å². The molecule has 1 aromatic rings. The molecule has 0 saturated heterocycles. The monoisotopic (exact) mass is 289 g/mol. The van der Waals surface area contributed by atoms with Crippen molar-refractivity contribution < 1.29 is 14.5 Å². The Balaban J connectivity index is 2.35. The highest BCUT2D eigenvalue weighted by Gasteiger charge is 2.35. The fraction of sp³-hybridized carbons (Fsp3) is 0.429. The maximum atomic E-state index is 12.6. The Kier molecular flexibility index (Phi) is 4.38. The number of amides is 1. The molecule has 21 heavy (non-hydrogen) atoms. The largest absolute Gasteiger partial charge is 0.490 e. The first-order chi connectivity index (χ1) is 10.1. The number of hydrogen-bond acceptors (Lipinski definition) is 5. The van der Waals surface area contributed by atoms with E-state index in [1.54, 1.807) is 4.90 Å². The number of ether oxygens (including phenoxy) is 1. The van der Waals surface area contributed by atoms with Crippen LogP contribution in [0.2, 0.25) is 0 Å². The van der Waals surface area contributed by atoms with Gasteiger partial charge in [0.25, 0.3) is 5.91 Å². The highest BCUT2D eigenvalue weighted by atomic mass is 16.6. The lowest BCUT2D eigenvalue weighted by molar-refractivity contribution is -0.385. The first-order valence-corrected chi connectivity index (χ1v) is 6.59. The Labute approximate surface area is 121 Å². The van der Waals surface area contributed by atoms with Gasteiger partial charge in [0.2, 0.25) is 5.75 Å². The van der Waals surface area contributed by atoms with Gasteiger partial charge in [-0.25, -0.2) is 0 Å². The third-order valence-electron chi connectivity index (χ3n) is 3.34. The third kappa shape index (κ3) is 3.11. The fourth-order valence-electron chi connectivity index (χ4n) is 2.21. The molecular formula is C14H15N3O4. The van der Waals surface area contributed by atoms with E-state index in [0.29, 0.717) is 6.54 Å². The van der Waals surface area contributed by atoms with Gasteiger partial charge in [-0.15, -0.1) is 0 Å². The van der Waals surface area contributed by atoms with Gasteiger partial charge in [0.1, 0.15) is 0 Å². The molecule has 0 bridgehead atoms. The number of nitriles is 1. The van der Waals surface area contributed by atoms with Crippen LogP contribution in [0.1, 0.15) is 29.6 Å². The van der Waals surface area contributed by atoms with Crippen LogP contribution in [0.5, 0.6) is 5.75 Å². The second kappa shape index (κ2) is 6.22. The predicted octanol–water partition coefficient (Wildman–Crippen LogP) is 2.12. The second-order valence-corrected chi connectivity index (χ2v) is 4.75. The fourth-order valence-corrected chi connectivity index (χ4v) is 2.21. The minimum absolute atomic E-state index is 0.0323. The van der Waals surface area contributed by atoms with Crippen LogP contribution in [0.4, 0.5) is 5.69 Å². The molecule has 1 aliphatic carbocycles. The number of nitro groups is 1. The number of carbonyl (C=O) groups is 1. The molecule has 7 heteroatoms. The van der Waals surface area contributed by atoms with E-state index < -0.39 is 4.92 Å². The summed E-state index contributed by atoms with van der Waals surface area (Å²) < 4.78 is 5.06. The van der Waals surface area contributed by atoms with E-state index in [0.717, 1.165) is 12.8 Å². The van der Waals surface area contributed by atoms with Crippen molar-refractivity contribution in [2.24, 2.45) is 0 Å². The van der Waals surface area contributed by atoms with Crippen LogP contribution in [-0.4, -0.2) is 35.4 Å². The predicted molar refractivity (Wildman–Crippen MR) is 73.9 cm³/mol. The Morgan fingerprint density at radius 3 is 2.81 bits per heavy atom. The Morgan fingerprint density at radius 2 is 2.29 bits per heavy atom. The number of nitro benzene ring substituents is 1. The van der Waals surface area contributed by atoms with Crippen molar-refractivity contribution in [1.82, 2.24) is 4.90 Å². The smallest absolute Gasteiger partial charge is 0.311 e. The summed E-state index contributed by atoms with van der Waals surface area (Å²) in [5.74, 6) is -0.358. The normalized spacial score (nSPS) is 13.3. The number of hydrogen-bond donors (Lipinski definition) is 0. The van der Waals surface area contributed by atoms with E-state index in [1.807, 2.05) is 6.07 Å². The van der Waals surface area contributed by atoms with Gasteiger partial charge in [-0.2, -0.15) is 5.26 Å². The van der Waals surface area contributed by atoms with Crippen molar-refractivity contribution in [3.63, 3.8) is 0 Å². The molecular weight excluding hydrogens is 274 g/mol. The highest BCUT2D eigenvalue weighted by Crippen LogP contribution is 2.34. The number of carbonyl (C=O) groups excluding carboxylic acids is 1. The molecule has 1 saturated carbocycles. The summed E-state index contributed by atoms with van der Waals surface area (Å²) in [6.07, 6.45) is 2.03. The molecule has 0 N–H and O–H groups in total. The third-order valence-corrected chi connectivity index (χ3v) is 3.34. The zero-order chi connectivity index (χ0) is 15.4. The number of methoxy groups -OCH3 is 1. The van der Waals surface area contributed by atoms with Crippen LogP contribution in [-0.2, 0) is 0 Å². The van der Waals surface area contributed by atoms with Gasteiger partial charge < -0.3 is 9.64 Å². The Morgan fingerprint density at radius 1 is 1.57 bits per heavy atom. The van der Waals surface area contributed by atoms with Crippen LogP contribution in [0, 0.1) is 21.4 Å². The van der Waals surface area contributed by atoms with Gasteiger partial charge in [-0.05, 0) is 18.9 Å². The molecule has 1 aliphatic rings. The first-order valence-electron chi connectivity index (χ1n) is 6.59. The van der Waals surface area contributed by atoms with Gasteiger partial charge >= 0.3 is 5.69 Å². The summed E-state index contributed by atoms with van der Waals surface area (Å²) in [6.45, 7) is 0.325. The number of nitrogens with zero attached hydrogens (tertiary/aromatic N) is 3. The standard InChI is InChI=1S/C14H15N3O4/c1-21-13-11(4-2-5-12(13)17(19)20)14(18)16(9-3-8-15)10-6-7-10/h2,4-5,10H,3,6-7,9H2,1H3. The number of para-hydroxylation sites is 1. The van der Waals surface area contributed by atoms with Crippen molar-refractivity contribution in [1.29, 1.82) is 5.26 Å². The summed E-state index contributed by atoms with van der Waals surface area (Å²) in [4.78, 5) is 24.6. The van der Waals surface area contributed by atoms with Gasteiger partial charge in [0.05, 0.1) is 30.1 Å².